The van der Waals surface area contributed by atoms with Crippen molar-refractivity contribution >= 4 is 73.2 Å². The molecule has 2 fully saturated rings. The summed E-state index contributed by atoms with van der Waals surface area (Å²) in [5, 5.41) is 30.1. The lowest BCUT2D eigenvalue weighted by molar-refractivity contribution is -0.0252. The van der Waals surface area contributed by atoms with Crippen LogP contribution in [0.1, 0.15) is 92.9 Å². The van der Waals surface area contributed by atoms with Crippen molar-refractivity contribution in [3.8, 4) is 12.1 Å². The Labute approximate surface area is 512 Å². The molecule has 10 rings (SSSR count). The molecule has 0 spiro atoms. The summed E-state index contributed by atoms with van der Waals surface area (Å²) >= 11 is 6.56. The van der Waals surface area contributed by atoms with Crippen LogP contribution in [0.15, 0.2) is 152 Å². The maximum atomic E-state index is 13.4. The molecule has 4 unspecified atom stereocenters. The molecule has 0 radical (unpaired) electrons. The van der Waals surface area contributed by atoms with E-state index in [1.165, 1.54) is 12.7 Å². The van der Waals surface area contributed by atoms with Crippen LogP contribution < -0.4 is 15.7 Å². The number of rotatable bonds is 28. The van der Waals surface area contributed by atoms with E-state index in [-0.39, 0.29) is 69.5 Å². The highest BCUT2D eigenvalue weighted by molar-refractivity contribution is 8.09. The zero-order chi connectivity index (χ0) is 60.9. The van der Waals surface area contributed by atoms with Gasteiger partial charge >= 0.3 is 0 Å². The van der Waals surface area contributed by atoms with E-state index in [1.807, 2.05) is 84.2 Å². The molecule has 8 atom stereocenters. The van der Waals surface area contributed by atoms with Crippen LogP contribution in [0.4, 0.5) is 11.6 Å². The number of imidazole rings is 2. The van der Waals surface area contributed by atoms with Crippen molar-refractivity contribution in [1.82, 2.24) is 59.0 Å². The van der Waals surface area contributed by atoms with Gasteiger partial charge in [-0.15, -0.1) is 0 Å². The van der Waals surface area contributed by atoms with Gasteiger partial charge in [-0.2, -0.15) is 10.5 Å². The monoisotopic (exact) mass is 1230 g/mol. The van der Waals surface area contributed by atoms with E-state index in [9.17, 15) is 15.3 Å². The van der Waals surface area contributed by atoms with Crippen molar-refractivity contribution in [1.29, 1.82) is 10.5 Å². The smallest absolute Gasteiger partial charge is 0.261 e. The minimum atomic E-state index is -3.65. The molecule has 0 aliphatic carbocycles. The zero-order valence-electron chi connectivity index (χ0n) is 49.2. The minimum absolute atomic E-state index is 0.0143. The Kier molecular flexibility index (Phi) is 20.9. The van der Waals surface area contributed by atoms with Crippen molar-refractivity contribution in [2.75, 3.05) is 45.8 Å². The number of anilines is 1. The third-order valence-electron chi connectivity index (χ3n) is 14.7. The predicted octanol–water partition coefficient (Wildman–Crippen LogP) is 10.1. The van der Waals surface area contributed by atoms with E-state index in [0.29, 0.717) is 40.1 Å². The Bertz CT molecular complexity index is 3620. The topological polar surface area (TPSA) is 262 Å². The minimum Gasteiger partial charge on any atom is -0.369 e. The van der Waals surface area contributed by atoms with E-state index in [4.69, 9.17) is 54.3 Å². The Morgan fingerprint density at radius 3 is 1.83 bits per heavy atom. The molecule has 2 aliphatic rings. The van der Waals surface area contributed by atoms with Gasteiger partial charge in [0.05, 0.1) is 88.1 Å². The molecule has 2 aliphatic heterocycles. The van der Waals surface area contributed by atoms with Crippen LogP contribution in [-0.2, 0) is 44.9 Å². The number of nitrogens with zero attached hydrogens (tertiary/aromatic N) is 13. The fourth-order valence-corrected chi connectivity index (χ4v) is 14.9. The summed E-state index contributed by atoms with van der Waals surface area (Å²) in [6, 6.07) is 43.2. The number of nitrogens with one attached hydrogen (secondary N) is 3. The van der Waals surface area contributed by atoms with Gasteiger partial charge in [0.1, 0.15) is 25.1 Å². The maximum absolute atomic E-state index is 13.4. The second-order valence-electron chi connectivity index (χ2n) is 21.5. The average molecular weight is 1230 g/mol. The van der Waals surface area contributed by atoms with Gasteiger partial charge in [-0.05, 0) is 68.3 Å². The fourth-order valence-electron chi connectivity index (χ4n) is 10.9. The highest BCUT2D eigenvalue weighted by atomic mass is 32.5. The summed E-state index contributed by atoms with van der Waals surface area (Å²) in [6.07, 6.45) is 5.93. The van der Waals surface area contributed by atoms with Crippen molar-refractivity contribution in [2.24, 2.45) is 4.99 Å². The molecule has 26 heteroatoms. The van der Waals surface area contributed by atoms with E-state index in [0.717, 1.165) is 16.7 Å². The normalized spacial score (nSPS) is 19.9. The Balaban J connectivity index is 1.00. The van der Waals surface area contributed by atoms with Crippen LogP contribution in [0, 0.1) is 22.7 Å². The lowest BCUT2D eigenvalue weighted by atomic mass is 9.76. The molecule has 1 amide bonds. The lowest BCUT2D eigenvalue weighted by Gasteiger charge is -2.40. The first kappa shape index (κ1) is 62.7. The number of aliphatic imine (C=N–C) groups is 1. The third kappa shape index (κ3) is 14.6. The second-order valence-corrected chi connectivity index (χ2v) is 26.2. The molecule has 87 heavy (non-hydrogen) atoms. The van der Waals surface area contributed by atoms with Crippen LogP contribution in [0.2, 0.25) is 0 Å². The highest BCUT2D eigenvalue weighted by Gasteiger charge is 2.47. The maximum Gasteiger partial charge on any atom is 0.261 e. The molecule has 6 heterocycles. The number of nitriles is 2. The van der Waals surface area contributed by atoms with Gasteiger partial charge in [-0.3, -0.25) is 19.2 Å². The summed E-state index contributed by atoms with van der Waals surface area (Å²) in [6.45, 7) is 4.69. The van der Waals surface area contributed by atoms with E-state index in [1.54, 1.807) is 47.8 Å². The summed E-state index contributed by atoms with van der Waals surface area (Å²) in [4.78, 5) is 47.4. The van der Waals surface area contributed by atoms with Gasteiger partial charge in [0.2, 0.25) is 0 Å². The number of carbonyl (C=O) groups excluding carboxylic acids is 1. The molecular weight excluding hydrogens is 1160 g/mol. The highest BCUT2D eigenvalue weighted by Crippen LogP contribution is 2.51. The molecule has 452 valence electrons. The molecule has 4 aromatic heterocycles. The van der Waals surface area contributed by atoms with Crippen molar-refractivity contribution in [3.05, 3.63) is 169 Å². The van der Waals surface area contributed by atoms with Gasteiger partial charge in [-0.25, -0.2) is 44.7 Å². The van der Waals surface area contributed by atoms with Crippen LogP contribution in [0.25, 0.3) is 22.3 Å². The van der Waals surface area contributed by atoms with Gasteiger partial charge in [0.25, 0.3) is 21.1 Å². The van der Waals surface area contributed by atoms with Gasteiger partial charge < -0.3 is 37.8 Å². The van der Waals surface area contributed by atoms with Gasteiger partial charge in [-0.1, -0.05) is 109 Å². The molecule has 23 nitrogen and oxygen atoms in total. The molecule has 8 aromatic rings. The first-order chi connectivity index (χ1) is 42.3. The number of aromatic nitrogens is 8. The average Bonchev–Trinajstić information content (AvgIpc) is 2.04. The summed E-state index contributed by atoms with van der Waals surface area (Å²) in [7, 11) is 2.06. The predicted molar refractivity (Wildman–Crippen MR) is 335 cm³/mol. The number of benzene rings is 4. The SMILES string of the molecule is CC(C)N(C(C)C)P(OCCC#N)OC[C@H]1O[C@@H](n2cnc3c(NC(=O)c4ccccc4)ncnc32)CC1NP(=S)(OCCC#N)OC[C@H]1O[C@@H](n2cnc3c(/N=C\N(C)C)ncnc32)CC1NC(c1ccccc1)(c1ccccc1)c1ccccc1. The molecule has 2 saturated heterocycles. The third-order valence-corrected chi connectivity index (χ3v) is 19.4. The van der Waals surface area contributed by atoms with Gasteiger partial charge in [0, 0.05) is 56.7 Å². The number of hydrogen-bond acceptors (Lipinski definition) is 19. The summed E-state index contributed by atoms with van der Waals surface area (Å²) in [5.41, 5.74) is 4.33. The largest absolute Gasteiger partial charge is 0.369 e. The number of carbonyl (C=O) groups is 1. The Morgan fingerprint density at radius 1 is 0.724 bits per heavy atom. The number of hydrogen-bond donors (Lipinski definition) is 3. The van der Waals surface area contributed by atoms with Crippen LogP contribution in [0.5, 0.6) is 0 Å². The van der Waals surface area contributed by atoms with Crippen LogP contribution in [0.3, 0.4) is 0 Å². The number of fused-ring (bicyclic) bond motifs is 2. The van der Waals surface area contributed by atoms with E-state index < -0.39 is 57.5 Å². The molecule has 3 N–H and O–H groups in total. The number of ether oxygens (including phenoxy) is 2. The standard InChI is InChI=1S/C61H70N16O7P2S/c1-42(2)77(43(3)4)85(79-31-19-29-62)80-35-50-49(34-53(83-50)76-41-69-55-57(65-38-67-59(55)76)71-60(78)44-21-11-7-12-22-44)73-86(87,81-32-20-30-63)82-36-51-48(33-52(84-51)75-40-68-54-56(70-39-74(5)6)64-37-66-58(54)75)72-61(45-23-13-8-14-24-45,46-25-15-9-16-26-46)47-27-17-10-18-28-47/h7-18,21-28,37-43,48-53,72H,19-20,31-36H2,1-6H3,(H,73,87)(H,65,67,71,78)/b70-39-/t48?,49?,50-,51-,52-,53-,85?,86?/m1/s1. The molecule has 4 aromatic carbocycles. The lowest BCUT2D eigenvalue weighted by Crippen LogP contribution is -2.53. The van der Waals surface area contributed by atoms with Crippen molar-refractivity contribution in [2.45, 2.75) is 108 Å². The first-order valence-corrected chi connectivity index (χ1v) is 32.5. The fraction of sp³-hybridized carbons (Fsp3) is 0.377. The van der Waals surface area contributed by atoms with Crippen molar-refractivity contribution in [3.63, 3.8) is 0 Å². The van der Waals surface area contributed by atoms with Crippen LogP contribution >= 0.6 is 15.2 Å². The molecular formula is C61H70N16O7P2S. The zero-order valence-corrected chi connectivity index (χ0v) is 51.8. The van der Waals surface area contributed by atoms with E-state index >= 15 is 0 Å². The van der Waals surface area contributed by atoms with Crippen molar-refractivity contribution < 1.29 is 32.4 Å². The Morgan fingerprint density at radius 2 is 1.25 bits per heavy atom. The first-order valence-electron chi connectivity index (χ1n) is 28.7. The van der Waals surface area contributed by atoms with E-state index in [2.05, 4.69) is 117 Å². The molecule has 0 bridgehead atoms. The number of amides is 1. The summed E-state index contributed by atoms with van der Waals surface area (Å²) in [5.74, 6) is 0.277. The Hall–Kier alpha value is -7.38. The molecule has 0 saturated carbocycles. The second kappa shape index (κ2) is 29.1. The van der Waals surface area contributed by atoms with Gasteiger partial charge in [0.15, 0.2) is 34.0 Å². The summed E-state index contributed by atoms with van der Waals surface area (Å²) < 4.78 is 46.7. The van der Waals surface area contributed by atoms with Crippen LogP contribution in [-0.4, -0.2) is 138 Å². The quantitative estimate of drug-likeness (QED) is 0.0135.